The zero-order valence-electron chi connectivity index (χ0n) is 16.4. The van der Waals surface area contributed by atoms with Gasteiger partial charge in [-0.15, -0.1) is 0 Å². The molecule has 2 amide bonds. The van der Waals surface area contributed by atoms with Gasteiger partial charge in [0.1, 0.15) is 17.1 Å². The van der Waals surface area contributed by atoms with Crippen molar-refractivity contribution in [3.8, 4) is 11.1 Å². The van der Waals surface area contributed by atoms with Crippen LogP contribution in [0.3, 0.4) is 0 Å². The summed E-state index contributed by atoms with van der Waals surface area (Å²) in [5, 5.41) is 0.765. The average molecular weight is 460 g/mol. The minimum absolute atomic E-state index is 0.0641. The molecule has 0 unspecified atom stereocenters. The number of imide groups is 1. The molecule has 0 bridgehead atoms. The maximum Gasteiger partial charge on any atom is 0.417 e. The van der Waals surface area contributed by atoms with Gasteiger partial charge in [0.25, 0.3) is 5.91 Å². The summed E-state index contributed by atoms with van der Waals surface area (Å²) in [5.41, 5.74) is 1.58. The van der Waals surface area contributed by atoms with Gasteiger partial charge in [0, 0.05) is 34.9 Å². The van der Waals surface area contributed by atoms with Gasteiger partial charge in [0.15, 0.2) is 0 Å². The van der Waals surface area contributed by atoms with Crippen LogP contribution in [-0.2, 0) is 18.3 Å². The highest BCUT2D eigenvalue weighted by molar-refractivity contribution is 9.10. The van der Waals surface area contributed by atoms with Crippen molar-refractivity contribution in [2.45, 2.75) is 32.9 Å². The molecule has 3 heterocycles. The van der Waals surface area contributed by atoms with Gasteiger partial charge in [-0.2, -0.15) is 0 Å². The first-order valence-electron chi connectivity index (χ1n) is 9.04. The number of aromatic nitrogens is 2. The number of carbonyl (C=O) groups is 2. The number of rotatable bonds is 1. The number of benzene rings is 1. The molecule has 0 N–H and O–H groups in total. The average Bonchev–Trinajstić information content (AvgIpc) is 3.15. The Hall–Kier alpha value is -2.74. The van der Waals surface area contributed by atoms with Crippen molar-refractivity contribution in [3.63, 3.8) is 0 Å². The van der Waals surface area contributed by atoms with Crippen LogP contribution in [0.1, 0.15) is 36.7 Å². The third-order valence-corrected chi connectivity index (χ3v) is 5.39. The van der Waals surface area contributed by atoms with E-state index >= 15 is 4.39 Å². The van der Waals surface area contributed by atoms with E-state index in [2.05, 4.69) is 20.9 Å². The maximum atomic E-state index is 15.1. The summed E-state index contributed by atoms with van der Waals surface area (Å²) >= 11 is 3.28. The number of halogens is 2. The van der Waals surface area contributed by atoms with E-state index in [9.17, 15) is 9.59 Å². The number of nitrogens with zero attached hydrogens (tertiary/aromatic N) is 3. The van der Waals surface area contributed by atoms with Crippen LogP contribution in [0.5, 0.6) is 0 Å². The quantitative estimate of drug-likeness (QED) is 0.511. The molecule has 2 aromatic heterocycles. The Kier molecular flexibility index (Phi) is 4.49. The predicted octanol–water partition coefficient (Wildman–Crippen LogP) is 5.03. The fourth-order valence-corrected chi connectivity index (χ4v) is 4.17. The Labute approximate surface area is 175 Å². The smallest absolute Gasteiger partial charge is 0.417 e. The third-order valence-electron chi connectivity index (χ3n) is 4.76. The van der Waals surface area contributed by atoms with Crippen molar-refractivity contribution in [3.05, 3.63) is 52.0 Å². The molecule has 0 atom stereocenters. The van der Waals surface area contributed by atoms with E-state index in [4.69, 9.17) is 4.74 Å². The number of hydrogen-bond donors (Lipinski definition) is 0. The van der Waals surface area contributed by atoms with E-state index in [1.165, 1.54) is 6.07 Å². The van der Waals surface area contributed by atoms with Crippen molar-refractivity contribution >= 4 is 39.0 Å². The molecule has 4 rings (SSSR count). The maximum absolute atomic E-state index is 15.1. The molecule has 8 heteroatoms. The van der Waals surface area contributed by atoms with Crippen LogP contribution in [-0.4, -0.2) is 32.1 Å². The molecule has 6 nitrogen and oxygen atoms in total. The number of hydrogen-bond acceptors (Lipinski definition) is 4. The first-order chi connectivity index (χ1) is 13.6. The number of fused-ring (bicyclic) bond motifs is 2. The molecule has 0 fully saturated rings. The van der Waals surface area contributed by atoms with Crippen LogP contribution in [0.25, 0.3) is 22.2 Å². The number of ether oxygens (including phenoxy) is 1. The molecule has 0 radical (unpaired) electrons. The van der Waals surface area contributed by atoms with E-state index in [0.29, 0.717) is 26.8 Å². The Morgan fingerprint density at radius 1 is 1.28 bits per heavy atom. The largest absolute Gasteiger partial charge is 0.443 e. The summed E-state index contributed by atoms with van der Waals surface area (Å²) in [5.74, 6) is -0.994. The summed E-state index contributed by atoms with van der Waals surface area (Å²) in [6, 6.07) is 4.84. The van der Waals surface area contributed by atoms with Crippen LogP contribution < -0.4 is 0 Å². The summed E-state index contributed by atoms with van der Waals surface area (Å²) < 4.78 is 22.7. The topological polar surface area (TPSA) is 64.4 Å². The summed E-state index contributed by atoms with van der Waals surface area (Å²) in [6.07, 6.45) is 2.70. The molecule has 0 saturated heterocycles. The second kappa shape index (κ2) is 6.66. The van der Waals surface area contributed by atoms with Gasteiger partial charge in [-0.1, -0.05) is 0 Å². The normalized spacial score (nSPS) is 13.9. The molecule has 0 spiro atoms. The van der Waals surface area contributed by atoms with Crippen molar-refractivity contribution in [2.75, 3.05) is 0 Å². The summed E-state index contributed by atoms with van der Waals surface area (Å²) in [4.78, 5) is 30.9. The lowest BCUT2D eigenvalue weighted by atomic mass is 9.95. The molecular weight excluding hydrogens is 441 g/mol. The van der Waals surface area contributed by atoms with E-state index in [1.54, 1.807) is 33.0 Å². The lowest BCUT2D eigenvalue weighted by molar-refractivity contribution is 0.0248. The van der Waals surface area contributed by atoms with Crippen LogP contribution in [0.2, 0.25) is 0 Å². The second-order valence-corrected chi connectivity index (χ2v) is 8.82. The monoisotopic (exact) mass is 459 g/mol. The summed E-state index contributed by atoms with van der Waals surface area (Å²) in [7, 11) is 1.86. The van der Waals surface area contributed by atoms with Crippen molar-refractivity contribution in [1.29, 1.82) is 0 Å². The molecule has 1 aliphatic rings. The Morgan fingerprint density at radius 3 is 2.69 bits per heavy atom. The van der Waals surface area contributed by atoms with E-state index in [-0.39, 0.29) is 12.1 Å². The van der Waals surface area contributed by atoms with E-state index in [1.807, 2.05) is 23.9 Å². The van der Waals surface area contributed by atoms with Gasteiger partial charge < -0.3 is 9.30 Å². The SMILES string of the molecule is Cn1ccc2c(-c3c(F)cc(Br)c4c3CN(C(=O)OC(C)(C)C)C4=O)ccnc21. The first kappa shape index (κ1) is 19.6. The Balaban J connectivity index is 1.89. The number of aryl methyl sites for hydroxylation is 1. The minimum atomic E-state index is -0.753. The highest BCUT2D eigenvalue weighted by Gasteiger charge is 2.39. The molecule has 3 aromatic rings. The van der Waals surface area contributed by atoms with Gasteiger partial charge in [-0.3, -0.25) is 4.79 Å². The number of amides is 2. The molecule has 1 aromatic carbocycles. The summed E-state index contributed by atoms with van der Waals surface area (Å²) in [6.45, 7) is 5.11. The standard InChI is InChI=1S/C21H19BrFN3O3/c1-21(2,3)29-20(28)26-10-13-16(15(23)9-14(22)17(13)19(26)27)11-5-7-24-18-12(11)6-8-25(18)4/h5-9H,10H2,1-4H3. The molecule has 0 aliphatic carbocycles. The van der Waals surface area contributed by atoms with Crippen LogP contribution in [0.4, 0.5) is 9.18 Å². The minimum Gasteiger partial charge on any atom is -0.443 e. The van der Waals surface area contributed by atoms with Crippen LogP contribution in [0, 0.1) is 5.82 Å². The van der Waals surface area contributed by atoms with Crippen molar-refractivity contribution in [1.82, 2.24) is 14.5 Å². The van der Waals surface area contributed by atoms with Gasteiger partial charge in [-0.25, -0.2) is 19.1 Å². The Morgan fingerprint density at radius 2 is 2.00 bits per heavy atom. The van der Waals surface area contributed by atoms with E-state index < -0.39 is 23.4 Å². The second-order valence-electron chi connectivity index (χ2n) is 7.96. The molecule has 29 heavy (non-hydrogen) atoms. The molecular formula is C21H19BrFN3O3. The lowest BCUT2D eigenvalue weighted by Crippen LogP contribution is -2.36. The zero-order chi connectivity index (χ0) is 21.1. The third kappa shape index (κ3) is 3.21. The van der Waals surface area contributed by atoms with Gasteiger partial charge in [-0.05, 0) is 66.0 Å². The van der Waals surface area contributed by atoms with Crippen LogP contribution >= 0.6 is 15.9 Å². The fourth-order valence-electron chi connectivity index (χ4n) is 3.56. The number of carbonyl (C=O) groups excluding carboxylic acids is 2. The lowest BCUT2D eigenvalue weighted by Gasteiger charge is -2.23. The molecule has 1 aliphatic heterocycles. The van der Waals surface area contributed by atoms with Crippen molar-refractivity contribution in [2.24, 2.45) is 7.05 Å². The highest BCUT2D eigenvalue weighted by atomic mass is 79.9. The van der Waals surface area contributed by atoms with Gasteiger partial charge >= 0.3 is 6.09 Å². The zero-order valence-corrected chi connectivity index (χ0v) is 18.0. The first-order valence-corrected chi connectivity index (χ1v) is 9.84. The Bertz CT molecular complexity index is 1180. The van der Waals surface area contributed by atoms with Crippen LogP contribution in [0.15, 0.2) is 35.1 Å². The number of pyridine rings is 1. The van der Waals surface area contributed by atoms with E-state index in [0.717, 1.165) is 10.3 Å². The van der Waals surface area contributed by atoms with Gasteiger partial charge in [0.05, 0.1) is 12.1 Å². The van der Waals surface area contributed by atoms with Gasteiger partial charge in [0.2, 0.25) is 0 Å². The molecule has 0 saturated carbocycles. The highest BCUT2D eigenvalue weighted by Crippen LogP contribution is 2.41. The fraction of sp³-hybridized carbons (Fsp3) is 0.286. The predicted molar refractivity (Wildman–Crippen MR) is 110 cm³/mol. The molecule has 150 valence electrons. The van der Waals surface area contributed by atoms with Crippen molar-refractivity contribution < 1.29 is 18.7 Å².